The fourth-order valence-electron chi connectivity index (χ4n) is 8.03. The Morgan fingerprint density at radius 3 is 2.46 bits per heavy atom. The summed E-state index contributed by atoms with van der Waals surface area (Å²) in [5.74, 6) is -0.958. The molecule has 4 aliphatic rings. The van der Waals surface area contributed by atoms with Crippen molar-refractivity contribution in [1.82, 2.24) is 29.6 Å². The molecular weight excluding hydrogens is 736 g/mol. The van der Waals surface area contributed by atoms with Gasteiger partial charge in [-0.05, 0) is 53.8 Å². The summed E-state index contributed by atoms with van der Waals surface area (Å²) in [6.07, 6.45) is 7.36. The number of aryl methyl sites for hydroxylation is 1. The highest BCUT2D eigenvalue weighted by molar-refractivity contribution is 6.24. The minimum absolute atomic E-state index is 0.0291. The van der Waals surface area contributed by atoms with Crippen LogP contribution in [0.25, 0.3) is 21.9 Å². The van der Waals surface area contributed by atoms with Gasteiger partial charge in [0.25, 0.3) is 17.4 Å². The van der Waals surface area contributed by atoms with Gasteiger partial charge in [-0.2, -0.15) is 0 Å². The van der Waals surface area contributed by atoms with Crippen LogP contribution >= 0.6 is 0 Å². The standard InChI is InChI=1S/C41H40N6O10/c1-44-20-27(24-9-12-42-19-26(24)39(44)51)23-17-33(54-2)28(34(18-23)55-3)21-45-22-31-29(45)10-13-46(31)36(49)11-14-56-15-16-57-32-6-4-5-25-37(32)41(53)47(40(25)52)30-7-8-35(48)43-38(30)50/h4-6,9-10,12,17-20,30-31H,7-8,11,13-16,21-22H2,1-3H3,(H,43,48,50). The number of carbonyl (C=O) groups is 5. The van der Waals surface area contributed by atoms with E-state index in [-0.39, 0.29) is 73.5 Å². The Labute approximate surface area is 326 Å². The van der Waals surface area contributed by atoms with Gasteiger partial charge in [-0.25, -0.2) is 0 Å². The number of imide groups is 2. The molecule has 16 nitrogen and oxygen atoms in total. The maximum Gasteiger partial charge on any atom is 0.266 e. The third-order valence-electron chi connectivity index (χ3n) is 10.9. The molecule has 1 N–H and O–H groups in total. The minimum atomic E-state index is -1.07. The normalized spacial score (nSPS) is 18.6. The van der Waals surface area contributed by atoms with E-state index >= 15 is 0 Å². The molecule has 8 rings (SSSR count). The summed E-state index contributed by atoms with van der Waals surface area (Å²) >= 11 is 0. The molecule has 0 radical (unpaired) electrons. The van der Waals surface area contributed by atoms with Crippen molar-refractivity contribution in [1.29, 1.82) is 0 Å². The first-order chi connectivity index (χ1) is 27.6. The van der Waals surface area contributed by atoms with Gasteiger partial charge in [-0.1, -0.05) is 6.07 Å². The van der Waals surface area contributed by atoms with Gasteiger partial charge >= 0.3 is 0 Å². The first kappa shape index (κ1) is 37.4. The fourth-order valence-corrected chi connectivity index (χ4v) is 8.03. The van der Waals surface area contributed by atoms with E-state index in [0.29, 0.717) is 36.5 Å². The lowest BCUT2D eigenvalue weighted by molar-refractivity contribution is -0.136. The number of fused-ring (bicyclic) bond motifs is 3. The van der Waals surface area contributed by atoms with Crippen molar-refractivity contribution in [2.45, 2.75) is 37.9 Å². The van der Waals surface area contributed by atoms with Crippen molar-refractivity contribution in [3.63, 3.8) is 0 Å². The van der Waals surface area contributed by atoms with E-state index in [2.05, 4.69) is 21.3 Å². The number of nitrogens with zero attached hydrogens (tertiary/aromatic N) is 5. The Bertz CT molecular complexity index is 2420. The lowest BCUT2D eigenvalue weighted by Crippen LogP contribution is -2.54. The van der Waals surface area contributed by atoms with E-state index in [1.54, 1.807) is 56.6 Å². The van der Waals surface area contributed by atoms with Gasteiger partial charge in [0, 0.05) is 56.4 Å². The molecule has 2 unspecified atom stereocenters. The number of hydrogen-bond acceptors (Lipinski definition) is 12. The predicted molar refractivity (Wildman–Crippen MR) is 204 cm³/mol. The maximum absolute atomic E-state index is 13.3. The van der Waals surface area contributed by atoms with Crippen molar-refractivity contribution in [2.24, 2.45) is 7.05 Å². The van der Waals surface area contributed by atoms with Crippen LogP contribution in [0.2, 0.25) is 0 Å². The number of hydrogen-bond donors (Lipinski definition) is 1. The molecule has 16 heteroatoms. The first-order valence-electron chi connectivity index (χ1n) is 18.6. The number of ether oxygens (including phenoxy) is 4. The largest absolute Gasteiger partial charge is 0.496 e. The highest BCUT2D eigenvalue weighted by Crippen LogP contribution is 2.41. The second-order valence-electron chi connectivity index (χ2n) is 14.1. The van der Waals surface area contributed by atoms with Crippen LogP contribution in [0.3, 0.4) is 0 Å². The molecule has 0 saturated carbocycles. The van der Waals surface area contributed by atoms with E-state index in [0.717, 1.165) is 32.7 Å². The number of benzene rings is 2. The molecule has 4 aliphatic heterocycles. The Hall–Kier alpha value is -6.55. The molecule has 294 valence electrons. The van der Waals surface area contributed by atoms with E-state index in [4.69, 9.17) is 18.9 Å². The molecule has 57 heavy (non-hydrogen) atoms. The van der Waals surface area contributed by atoms with Crippen LogP contribution in [0.15, 0.2) is 71.6 Å². The van der Waals surface area contributed by atoms with Crippen molar-refractivity contribution in [3.05, 3.63) is 93.8 Å². The molecule has 2 saturated heterocycles. The van der Waals surface area contributed by atoms with Gasteiger partial charge in [0.15, 0.2) is 0 Å². The molecule has 0 aliphatic carbocycles. The molecule has 5 amide bonds. The molecule has 0 spiro atoms. The Kier molecular flexibility index (Phi) is 9.95. The topological polar surface area (TPSA) is 179 Å². The fraction of sp³-hybridized carbons (Fsp3) is 0.341. The third-order valence-corrected chi connectivity index (χ3v) is 10.9. The number of methoxy groups -OCH3 is 2. The van der Waals surface area contributed by atoms with Crippen LogP contribution in [-0.4, -0.2) is 113 Å². The lowest BCUT2D eigenvalue weighted by atomic mass is 9.97. The summed E-state index contributed by atoms with van der Waals surface area (Å²) in [5.41, 5.74) is 3.66. The van der Waals surface area contributed by atoms with Crippen molar-refractivity contribution < 1.29 is 42.9 Å². The first-order valence-corrected chi connectivity index (χ1v) is 18.6. The summed E-state index contributed by atoms with van der Waals surface area (Å²) in [5, 5.41) is 3.49. The van der Waals surface area contributed by atoms with Gasteiger partial charge in [-0.15, -0.1) is 0 Å². The molecule has 6 heterocycles. The summed E-state index contributed by atoms with van der Waals surface area (Å²) in [4.78, 5) is 85.4. The van der Waals surface area contributed by atoms with Gasteiger partial charge < -0.3 is 33.3 Å². The number of piperidine rings is 1. The number of aromatic nitrogens is 2. The minimum Gasteiger partial charge on any atom is -0.496 e. The Morgan fingerprint density at radius 1 is 0.912 bits per heavy atom. The maximum atomic E-state index is 13.3. The zero-order valence-corrected chi connectivity index (χ0v) is 31.6. The van der Waals surface area contributed by atoms with Crippen molar-refractivity contribution in [3.8, 4) is 28.4 Å². The third kappa shape index (κ3) is 6.64. The molecule has 2 aromatic carbocycles. The van der Waals surface area contributed by atoms with Gasteiger partial charge in [-0.3, -0.25) is 44.0 Å². The summed E-state index contributed by atoms with van der Waals surface area (Å²) in [6.45, 7) is 2.00. The zero-order valence-electron chi connectivity index (χ0n) is 31.6. The van der Waals surface area contributed by atoms with Crippen LogP contribution in [0, 0.1) is 0 Å². The van der Waals surface area contributed by atoms with Crippen LogP contribution < -0.4 is 25.1 Å². The number of rotatable bonds is 13. The van der Waals surface area contributed by atoms with E-state index < -0.39 is 29.7 Å². The van der Waals surface area contributed by atoms with Gasteiger partial charge in [0.2, 0.25) is 17.7 Å². The summed E-state index contributed by atoms with van der Waals surface area (Å²) < 4.78 is 24.8. The van der Waals surface area contributed by atoms with Crippen LogP contribution in [0.4, 0.5) is 0 Å². The monoisotopic (exact) mass is 776 g/mol. The van der Waals surface area contributed by atoms with Crippen LogP contribution in [0.5, 0.6) is 17.2 Å². The van der Waals surface area contributed by atoms with Gasteiger partial charge in [0.05, 0.1) is 68.5 Å². The van der Waals surface area contributed by atoms with E-state index in [1.165, 1.54) is 6.07 Å². The average molecular weight is 777 g/mol. The highest BCUT2D eigenvalue weighted by atomic mass is 16.5. The van der Waals surface area contributed by atoms with Gasteiger partial charge in [0.1, 0.15) is 29.9 Å². The summed E-state index contributed by atoms with van der Waals surface area (Å²) in [7, 11) is 4.94. The number of amides is 5. The summed E-state index contributed by atoms with van der Waals surface area (Å²) in [6, 6.07) is 9.27. The smallest absolute Gasteiger partial charge is 0.266 e. The zero-order chi connectivity index (χ0) is 40.0. The highest BCUT2D eigenvalue weighted by Gasteiger charge is 2.46. The predicted octanol–water partition coefficient (Wildman–Crippen LogP) is 2.41. The second kappa shape index (κ2) is 15.2. The number of nitrogens with one attached hydrogen (secondary N) is 1. The molecule has 0 bridgehead atoms. The molecule has 2 fully saturated rings. The van der Waals surface area contributed by atoms with Crippen LogP contribution in [-0.2, 0) is 32.7 Å². The molecular formula is C41H40N6O10. The van der Waals surface area contributed by atoms with Crippen LogP contribution in [0.1, 0.15) is 45.5 Å². The molecule has 4 aromatic rings. The van der Waals surface area contributed by atoms with E-state index in [1.807, 2.05) is 23.1 Å². The lowest BCUT2D eigenvalue weighted by Gasteiger charge is -2.45. The number of likely N-dealkylation sites (tertiary alicyclic amines) is 1. The van der Waals surface area contributed by atoms with E-state index in [9.17, 15) is 28.8 Å². The molecule has 2 atom stereocenters. The Morgan fingerprint density at radius 2 is 1.70 bits per heavy atom. The Balaban J connectivity index is 0.832. The van der Waals surface area contributed by atoms with Crippen molar-refractivity contribution in [2.75, 3.05) is 47.1 Å². The number of carbonyl (C=O) groups excluding carboxylic acids is 5. The van der Waals surface area contributed by atoms with Crippen molar-refractivity contribution >= 4 is 40.3 Å². The quantitative estimate of drug-likeness (QED) is 0.155. The second-order valence-corrected chi connectivity index (χ2v) is 14.1. The SMILES string of the molecule is COc1cc(-c2cn(C)c(=O)c3cnccc23)cc(OC)c1CN1CC2C1=CCN2C(=O)CCOCCOc1cccc2c1C(=O)N(C1CCC(=O)NC1=O)C2=O. The number of pyridine rings is 2. The average Bonchev–Trinajstić information content (AvgIpc) is 3.68. The molecule has 2 aromatic heterocycles.